The Morgan fingerprint density at radius 2 is 1.76 bits per heavy atom. The second-order valence-electron chi connectivity index (χ2n) is 10.6. The van der Waals surface area contributed by atoms with Crippen LogP contribution in [-0.4, -0.2) is 65.0 Å². The van der Waals surface area contributed by atoms with Gasteiger partial charge in [-0.2, -0.15) is 5.10 Å². The number of nitrogens with zero attached hydrogens (tertiary/aromatic N) is 4. The lowest BCUT2D eigenvalue weighted by molar-refractivity contribution is -0.0848. The third kappa shape index (κ3) is 4.60. The molecule has 0 radical (unpaired) electrons. The zero-order chi connectivity index (χ0) is 26.3. The Hall–Kier alpha value is -3.92. The standard InChI is InChI=1S/C28H32N6O4/c1-18-24(17-31-34(18)21-6-4-20(5-7-21)33-9-11-37-12-10-33)26(36)32-19-13-28(14-19)15-22(16-28)38-27-23(25(29)35)3-2-8-30-27/h2-8,17,19,22H,9-16H2,1H3,(H2,29,35)(H,32,36). The Balaban J connectivity index is 1.01. The molecule has 1 saturated heterocycles. The smallest absolute Gasteiger partial charge is 0.254 e. The van der Waals surface area contributed by atoms with Gasteiger partial charge in [-0.1, -0.05) is 0 Å². The number of anilines is 1. The molecule has 2 aromatic heterocycles. The molecule has 3 aliphatic rings. The summed E-state index contributed by atoms with van der Waals surface area (Å²) in [4.78, 5) is 31.1. The summed E-state index contributed by atoms with van der Waals surface area (Å²) < 4.78 is 13.2. The predicted octanol–water partition coefficient (Wildman–Crippen LogP) is 2.63. The van der Waals surface area contributed by atoms with Crippen LogP contribution in [0.1, 0.15) is 52.1 Å². The van der Waals surface area contributed by atoms with Gasteiger partial charge in [-0.3, -0.25) is 9.59 Å². The number of nitrogens with one attached hydrogen (secondary N) is 1. The van der Waals surface area contributed by atoms with E-state index >= 15 is 0 Å². The maximum Gasteiger partial charge on any atom is 0.254 e. The summed E-state index contributed by atoms with van der Waals surface area (Å²) in [6.07, 6.45) is 6.84. The Labute approximate surface area is 221 Å². The van der Waals surface area contributed by atoms with Crippen molar-refractivity contribution in [3.05, 3.63) is 65.6 Å². The number of rotatable bonds is 7. The molecule has 2 aliphatic carbocycles. The fourth-order valence-electron chi connectivity index (χ4n) is 6.02. The molecule has 3 aromatic rings. The van der Waals surface area contributed by atoms with E-state index in [1.807, 2.05) is 23.7 Å². The van der Waals surface area contributed by atoms with E-state index < -0.39 is 5.91 Å². The second-order valence-corrected chi connectivity index (χ2v) is 10.6. The van der Waals surface area contributed by atoms with E-state index in [-0.39, 0.29) is 23.5 Å². The van der Waals surface area contributed by atoms with Gasteiger partial charge in [0.25, 0.3) is 11.8 Å². The second kappa shape index (κ2) is 9.75. The summed E-state index contributed by atoms with van der Waals surface area (Å²) in [5, 5.41) is 7.67. The van der Waals surface area contributed by atoms with E-state index in [0.29, 0.717) is 17.0 Å². The summed E-state index contributed by atoms with van der Waals surface area (Å²) in [6, 6.07) is 11.7. The molecule has 10 nitrogen and oxygen atoms in total. The first kappa shape index (κ1) is 24.4. The number of hydrogen-bond donors (Lipinski definition) is 2. The van der Waals surface area contributed by atoms with Crippen LogP contribution in [0.4, 0.5) is 5.69 Å². The summed E-state index contributed by atoms with van der Waals surface area (Å²) in [7, 11) is 0. The molecular formula is C28H32N6O4. The van der Waals surface area contributed by atoms with Gasteiger partial charge in [0.2, 0.25) is 5.88 Å². The number of morpholine rings is 1. The number of nitrogens with two attached hydrogens (primary N) is 1. The van der Waals surface area contributed by atoms with Gasteiger partial charge in [0.05, 0.1) is 36.4 Å². The number of aromatic nitrogens is 3. The van der Waals surface area contributed by atoms with Gasteiger partial charge >= 0.3 is 0 Å². The molecule has 0 unspecified atom stereocenters. The Bertz CT molecular complexity index is 1330. The van der Waals surface area contributed by atoms with E-state index in [2.05, 4.69) is 32.4 Å². The fourth-order valence-corrected chi connectivity index (χ4v) is 6.02. The van der Waals surface area contributed by atoms with Crippen LogP contribution in [0.25, 0.3) is 5.69 Å². The molecule has 38 heavy (non-hydrogen) atoms. The van der Waals surface area contributed by atoms with Crippen LogP contribution in [0.5, 0.6) is 5.88 Å². The van der Waals surface area contributed by atoms with Crippen molar-refractivity contribution in [3.63, 3.8) is 0 Å². The highest BCUT2D eigenvalue weighted by atomic mass is 16.5. The van der Waals surface area contributed by atoms with Crippen LogP contribution in [0, 0.1) is 12.3 Å². The average molecular weight is 517 g/mol. The minimum Gasteiger partial charge on any atom is -0.474 e. The Morgan fingerprint density at radius 1 is 1.05 bits per heavy atom. The lowest BCUT2D eigenvalue weighted by Crippen LogP contribution is -2.58. The highest BCUT2D eigenvalue weighted by molar-refractivity contribution is 5.95. The van der Waals surface area contributed by atoms with E-state index in [1.165, 1.54) is 0 Å². The van der Waals surface area contributed by atoms with Crippen molar-refractivity contribution in [1.82, 2.24) is 20.1 Å². The van der Waals surface area contributed by atoms with E-state index in [0.717, 1.165) is 69.1 Å². The Morgan fingerprint density at radius 3 is 2.47 bits per heavy atom. The SMILES string of the molecule is Cc1c(C(=O)NC2CC3(C2)CC(Oc2ncccc2C(N)=O)C3)cnn1-c1ccc(N2CCOCC2)cc1. The molecule has 1 spiro atoms. The third-order valence-corrected chi connectivity index (χ3v) is 8.06. The lowest BCUT2D eigenvalue weighted by atomic mass is 9.53. The quantitative estimate of drug-likeness (QED) is 0.495. The van der Waals surface area contributed by atoms with Crippen LogP contribution < -0.4 is 20.7 Å². The van der Waals surface area contributed by atoms with Gasteiger partial charge < -0.3 is 25.4 Å². The van der Waals surface area contributed by atoms with Gasteiger partial charge in [0, 0.05) is 31.0 Å². The molecule has 0 bridgehead atoms. The molecule has 2 saturated carbocycles. The number of carbonyl (C=O) groups is 2. The highest BCUT2D eigenvalue weighted by Crippen LogP contribution is 2.56. The maximum atomic E-state index is 13.0. The number of amides is 2. The minimum atomic E-state index is -0.544. The van der Waals surface area contributed by atoms with Gasteiger partial charge in [-0.05, 0) is 74.4 Å². The van der Waals surface area contributed by atoms with Crippen molar-refractivity contribution in [2.24, 2.45) is 11.1 Å². The number of ether oxygens (including phenoxy) is 2. The lowest BCUT2D eigenvalue weighted by Gasteiger charge is -2.57. The van der Waals surface area contributed by atoms with Crippen molar-refractivity contribution >= 4 is 17.5 Å². The number of benzene rings is 1. The van der Waals surface area contributed by atoms with Gasteiger partial charge in [-0.25, -0.2) is 9.67 Å². The van der Waals surface area contributed by atoms with E-state index in [9.17, 15) is 9.59 Å². The van der Waals surface area contributed by atoms with Crippen LogP contribution in [0.3, 0.4) is 0 Å². The van der Waals surface area contributed by atoms with E-state index in [4.69, 9.17) is 15.2 Å². The van der Waals surface area contributed by atoms with Crippen LogP contribution in [0.2, 0.25) is 0 Å². The van der Waals surface area contributed by atoms with E-state index in [1.54, 1.807) is 24.5 Å². The molecule has 0 atom stereocenters. The summed E-state index contributed by atoms with van der Waals surface area (Å²) in [5.74, 6) is -0.338. The van der Waals surface area contributed by atoms with Crippen molar-refractivity contribution < 1.29 is 19.1 Å². The first-order chi connectivity index (χ1) is 18.4. The number of pyridine rings is 1. The zero-order valence-electron chi connectivity index (χ0n) is 21.4. The Kier molecular flexibility index (Phi) is 6.27. The molecule has 10 heteroatoms. The molecular weight excluding hydrogens is 484 g/mol. The number of primary amides is 1. The summed E-state index contributed by atoms with van der Waals surface area (Å²) in [5.41, 5.74) is 9.40. The van der Waals surface area contributed by atoms with Crippen molar-refractivity contribution in [1.29, 1.82) is 0 Å². The molecule has 2 amide bonds. The largest absolute Gasteiger partial charge is 0.474 e. The predicted molar refractivity (Wildman–Crippen MR) is 141 cm³/mol. The van der Waals surface area contributed by atoms with Crippen molar-refractivity contribution in [2.45, 2.75) is 44.8 Å². The van der Waals surface area contributed by atoms with Crippen LogP contribution in [0.15, 0.2) is 48.8 Å². The summed E-state index contributed by atoms with van der Waals surface area (Å²) in [6.45, 7) is 5.20. The number of carbonyl (C=O) groups excluding carboxylic acids is 2. The van der Waals surface area contributed by atoms with Gasteiger partial charge in [-0.15, -0.1) is 0 Å². The van der Waals surface area contributed by atoms with Crippen molar-refractivity contribution in [3.8, 4) is 11.6 Å². The molecule has 1 aliphatic heterocycles. The molecule has 3 heterocycles. The van der Waals surface area contributed by atoms with Crippen molar-refractivity contribution in [2.75, 3.05) is 31.2 Å². The monoisotopic (exact) mass is 516 g/mol. The van der Waals surface area contributed by atoms with Gasteiger partial charge in [0.1, 0.15) is 11.7 Å². The van der Waals surface area contributed by atoms with Crippen LogP contribution >= 0.6 is 0 Å². The minimum absolute atomic E-state index is 0.00904. The van der Waals surface area contributed by atoms with Crippen LogP contribution in [-0.2, 0) is 4.74 Å². The first-order valence-electron chi connectivity index (χ1n) is 13.1. The molecule has 3 fully saturated rings. The average Bonchev–Trinajstić information content (AvgIpc) is 3.28. The zero-order valence-corrected chi connectivity index (χ0v) is 21.4. The third-order valence-electron chi connectivity index (χ3n) is 8.06. The topological polar surface area (TPSA) is 125 Å². The molecule has 3 N–H and O–H groups in total. The normalized spacial score (nSPS) is 24.4. The molecule has 1 aromatic carbocycles. The summed E-state index contributed by atoms with van der Waals surface area (Å²) >= 11 is 0. The highest BCUT2D eigenvalue weighted by Gasteiger charge is 2.54. The fraction of sp³-hybridized carbons (Fsp3) is 0.429. The van der Waals surface area contributed by atoms with Gasteiger partial charge in [0.15, 0.2) is 0 Å². The molecule has 6 rings (SSSR count). The number of hydrogen-bond acceptors (Lipinski definition) is 7. The first-order valence-corrected chi connectivity index (χ1v) is 13.1. The molecule has 198 valence electrons. The maximum absolute atomic E-state index is 13.0.